The molecule has 2 nitrogen and oxygen atoms in total. The van der Waals surface area contributed by atoms with Crippen molar-refractivity contribution in [3.8, 4) is 6.07 Å². The minimum absolute atomic E-state index is 0.244. The molecule has 0 radical (unpaired) electrons. The van der Waals surface area contributed by atoms with Crippen molar-refractivity contribution in [2.75, 3.05) is 6.54 Å². The maximum Gasteiger partial charge on any atom is 0.109 e. The molecule has 3 heteroatoms. The van der Waals surface area contributed by atoms with E-state index in [-0.39, 0.29) is 5.54 Å². The molecule has 2 aliphatic rings. The van der Waals surface area contributed by atoms with E-state index in [0.29, 0.717) is 6.04 Å². The minimum atomic E-state index is -1.09. The van der Waals surface area contributed by atoms with Crippen LogP contribution in [0.1, 0.15) is 44.9 Å². The minimum Gasteiger partial charge on any atom is -0.282 e. The summed E-state index contributed by atoms with van der Waals surface area (Å²) < 4.78 is 0. The van der Waals surface area contributed by atoms with Crippen LogP contribution in [0.2, 0.25) is 25.7 Å². The predicted octanol–water partition coefficient (Wildman–Crippen LogP) is 5.13. The van der Waals surface area contributed by atoms with Crippen molar-refractivity contribution in [1.29, 1.82) is 5.26 Å². The molecule has 0 amide bonds. The maximum atomic E-state index is 9.96. The summed E-state index contributed by atoms with van der Waals surface area (Å²) in [6, 6.07) is 4.46. The second kappa shape index (κ2) is 6.72. The van der Waals surface area contributed by atoms with Gasteiger partial charge in [0.2, 0.25) is 0 Å². The van der Waals surface area contributed by atoms with Crippen LogP contribution in [0.3, 0.4) is 0 Å². The third-order valence-electron chi connectivity index (χ3n) is 5.23. The van der Waals surface area contributed by atoms with E-state index in [1.165, 1.54) is 30.0 Å². The van der Waals surface area contributed by atoms with E-state index >= 15 is 0 Å². The molecular formula is C19H32N2Si. The molecule has 0 spiro atoms. The molecule has 0 aromatic carbocycles. The Kier molecular flexibility index (Phi) is 5.35. The predicted molar refractivity (Wildman–Crippen MR) is 97.6 cm³/mol. The molecule has 2 heterocycles. The lowest BCUT2D eigenvalue weighted by Crippen LogP contribution is -2.57. The number of rotatable bonds is 5. The highest BCUT2D eigenvalue weighted by Gasteiger charge is 2.44. The van der Waals surface area contributed by atoms with Crippen molar-refractivity contribution in [2.45, 2.75) is 82.2 Å². The third-order valence-corrected chi connectivity index (χ3v) is 6.79. The molecule has 2 atom stereocenters. The first-order valence-corrected chi connectivity index (χ1v) is 12.5. The Bertz CT molecular complexity index is 483. The summed E-state index contributed by atoms with van der Waals surface area (Å²) >= 11 is 0. The second-order valence-electron chi connectivity index (χ2n) is 8.57. The largest absolute Gasteiger partial charge is 0.282 e. The van der Waals surface area contributed by atoms with Gasteiger partial charge in [-0.15, -0.1) is 6.58 Å². The second-order valence-corrected chi connectivity index (χ2v) is 14.0. The van der Waals surface area contributed by atoms with Crippen LogP contribution in [-0.4, -0.2) is 31.1 Å². The highest BCUT2D eigenvalue weighted by Crippen LogP contribution is 2.41. The Hall–Kier alpha value is -0.853. The number of hydrogen-bond donors (Lipinski definition) is 0. The zero-order chi connectivity index (χ0) is 16.4. The van der Waals surface area contributed by atoms with Crippen molar-refractivity contribution < 1.29 is 0 Å². The topological polar surface area (TPSA) is 27.0 Å². The molecular weight excluding hydrogens is 284 g/mol. The van der Waals surface area contributed by atoms with Gasteiger partial charge in [0.15, 0.2) is 0 Å². The molecule has 0 aromatic rings. The third kappa shape index (κ3) is 4.11. The molecule has 0 bridgehead atoms. The lowest BCUT2D eigenvalue weighted by Gasteiger charge is -2.50. The van der Waals surface area contributed by atoms with E-state index in [4.69, 9.17) is 0 Å². The average molecular weight is 317 g/mol. The fourth-order valence-electron chi connectivity index (χ4n) is 4.27. The van der Waals surface area contributed by atoms with Crippen LogP contribution in [0, 0.1) is 11.3 Å². The van der Waals surface area contributed by atoms with E-state index in [1.807, 2.05) is 0 Å². The van der Waals surface area contributed by atoms with Crippen LogP contribution in [0.25, 0.3) is 0 Å². The van der Waals surface area contributed by atoms with Gasteiger partial charge in [0, 0.05) is 20.7 Å². The monoisotopic (exact) mass is 316 g/mol. The average Bonchev–Trinajstić information content (AvgIpc) is 2.42. The van der Waals surface area contributed by atoms with Crippen LogP contribution in [0.5, 0.6) is 0 Å². The molecule has 0 saturated carbocycles. The molecule has 2 rings (SSSR count). The van der Waals surface area contributed by atoms with Gasteiger partial charge in [-0.05, 0) is 51.0 Å². The van der Waals surface area contributed by atoms with E-state index in [2.05, 4.69) is 43.8 Å². The first-order valence-electron chi connectivity index (χ1n) is 8.77. The summed E-state index contributed by atoms with van der Waals surface area (Å²) in [7, 11) is -1.09. The summed E-state index contributed by atoms with van der Waals surface area (Å²) in [5, 5.41) is 9.96. The van der Waals surface area contributed by atoms with Gasteiger partial charge < -0.3 is 0 Å². The summed E-state index contributed by atoms with van der Waals surface area (Å²) in [5.74, 6) is 0. The van der Waals surface area contributed by atoms with Crippen molar-refractivity contribution in [1.82, 2.24) is 4.90 Å². The fraction of sp³-hybridized carbons (Fsp3) is 0.737. The standard InChI is InChI=1S/C19H32N2Si/c1-16-9-12-21-18(13-16)7-6-10-19(21,15-20)11-8-17(2)14-22(3,4)5/h18H,1-2,6-14H2,3-5H3/t18-,19?/m1/s1. The molecule has 122 valence electrons. The van der Waals surface area contributed by atoms with Crippen molar-refractivity contribution in [3.63, 3.8) is 0 Å². The van der Waals surface area contributed by atoms with Gasteiger partial charge in [0.1, 0.15) is 5.54 Å². The summed E-state index contributed by atoms with van der Waals surface area (Å²) in [5.41, 5.74) is 2.49. The van der Waals surface area contributed by atoms with Crippen molar-refractivity contribution in [3.05, 3.63) is 24.3 Å². The lowest BCUT2D eigenvalue weighted by atomic mass is 9.77. The highest BCUT2D eigenvalue weighted by atomic mass is 28.3. The SMILES string of the molecule is C=C1CCN2[C@H](CCCC2(C#N)CCC(=C)C[Si](C)(C)C)C1. The van der Waals surface area contributed by atoms with Gasteiger partial charge in [-0.2, -0.15) is 5.26 Å². The van der Waals surface area contributed by atoms with Crippen LogP contribution in [0.4, 0.5) is 0 Å². The molecule has 1 unspecified atom stereocenters. The summed E-state index contributed by atoms with van der Waals surface area (Å²) in [6.07, 6.45) is 7.60. The van der Waals surface area contributed by atoms with Crippen molar-refractivity contribution in [2.24, 2.45) is 0 Å². The van der Waals surface area contributed by atoms with Crippen LogP contribution < -0.4 is 0 Å². The van der Waals surface area contributed by atoms with E-state index in [1.54, 1.807) is 0 Å². The van der Waals surface area contributed by atoms with Crippen LogP contribution >= 0.6 is 0 Å². The van der Waals surface area contributed by atoms with Gasteiger partial charge in [-0.25, -0.2) is 0 Å². The number of nitriles is 1. The molecule has 0 N–H and O–H groups in total. The van der Waals surface area contributed by atoms with Crippen LogP contribution in [-0.2, 0) is 0 Å². The summed E-state index contributed by atoms with van der Waals surface area (Å²) in [4.78, 5) is 2.52. The fourth-order valence-corrected chi connectivity index (χ4v) is 5.95. The van der Waals surface area contributed by atoms with Gasteiger partial charge in [0.25, 0.3) is 0 Å². The number of hydrogen-bond acceptors (Lipinski definition) is 2. The molecule has 0 aliphatic carbocycles. The van der Waals surface area contributed by atoms with Gasteiger partial charge >= 0.3 is 0 Å². The highest BCUT2D eigenvalue weighted by molar-refractivity contribution is 6.76. The Morgan fingerprint density at radius 2 is 2.18 bits per heavy atom. The Morgan fingerprint density at radius 1 is 1.45 bits per heavy atom. The maximum absolute atomic E-state index is 9.96. The number of allylic oxidation sites excluding steroid dienone is 1. The lowest BCUT2D eigenvalue weighted by molar-refractivity contribution is 0.0196. The normalized spacial score (nSPS) is 29.7. The molecule has 22 heavy (non-hydrogen) atoms. The Labute approximate surface area is 137 Å². The Balaban J connectivity index is 2.03. The summed E-state index contributed by atoms with van der Waals surface area (Å²) in [6.45, 7) is 16.7. The zero-order valence-corrected chi connectivity index (χ0v) is 15.7. The van der Waals surface area contributed by atoms with E-state index in [0.717, 1.165) is 38.6 Å². The Morgan fingerprint density at radius 3 is 2.82 bits per heavy atom. The molecule has 2 saturated heterocycles. The number of nitrogens with zero attached hydrogens (tertiary/aromatic N) is 2. The van der Waals surface area contributed by atoms with E-state index < -0.39 is 8.07 Å². The number of piperidine rings is 2. The smallest absolute Gasteiger partial charge is 0.109 e. The van der Waals surface area contributed by atoms with Crippen LogP contribution in [0.15, 0.2) is 24.3 Å². The molecule has 2 fully saturated rings. The zero-order valence-electron chi connectivity index (χ0n) is 14.7. The quantitative estimate of drug-likeness (QED) is 0.519. The first-order chi connectivity index (χ1) is 10.3. The molecule has 2 aliphatic heterocycles. The van der Waals surface area contributed by atoms with E-state index in [9.17, 15) is 5.26 Å². The molecule has 0 aromatic heterocycles. The van der Waals surface area contributed by atoms with Gasteiger partial charge in [0.05, 0.1) is 6.07 Å². The van der Waals surface area contributed by atoms with Crippen molar-refractivity contribution >= 4 is 8.07 Å². The first kappa shape index (κ1) is 17.5. The van der Waals surface area contributed by atoms with Gasteiger partial charge in [-0.1, -0.05) is 37.4 Å². The number of fused-ring (bicyclic) bond motifs is 1. The van der Waals surface area contributed by atoms with Gasteiger partial charge in [-0.3, -0.25) is 4.90 Å².